The van der Waals surface area contributed by atoms with Gasteiger partial charge in [0.25, 0.3) is 0 Å². The van der Waals surface area contributed by atoms with Crippen LogP contribution >= 0.6 is 15.9 Å². The molecule has 0 aliphatic carbocycles. The number of nitrogens with zero attached hydrogens (tertiary/aromatic N) is 1. The molecule has 0 aliphatic rings. The van der Waals surface area contributed by atoms with Gasteiger partial charge in [-0.1, -0.05) is 22.0 Å². The van der Waals surface area contributed by atoms with Gasteiger partial charge in [-0.3, -0.25) is 0 Å². The minimum atomic E-state index is -0.441. The minimum absolute atomic E-state index is 0.261. The van der Waals surface area contributed by atoms with E-state index in [0.29, 0.717) is 11.9 Å². The van der Waals surface area contributed by atoms with E-state index in [-0.39, 0.29) is 5.82 Å². The van der Waals surface area contributed by atoms with E-state index in [1.54, 1.807) is 6.07 Å². The zero-order valence-corrected chi connectivity index (χ0v) is 9.54. The minimum Gasteiger partial charge on any atom is -0.390 e. The number of aliphatic hydroxyl groups excluding tert-OH is 1. The summed E-state index contributed by atoms with van der Waals surface area (Å²) in [6, 6.07) is 6.31. The Labute approximate surface area is 91.5 Å². The van der Waals surface area contributed by atoms with Gasteiger partial charge in [0.05, 0.1) is 6.10 Å². The van der Waals surface area contributed by atoms with Crippen molar-refractivity contribution in [2.45, 2.75) is 6.10 Å². The highest BCUT2D eigenvalue weighted by Crippen LogP contribution is 2.14. The first-order valence-electron chi connectivity index (χ1n) is 4.34. The van der Waals surface area contributed by atoms with Gasteiger partial charge >= 0.3 is 0 Å². The van der Waals surface area contributed by atoms with Crippen LogP contribution < -0.4 is 4.90 Å². The summed E-state index contributed by atoms with van der Waals surface area (Å²) < 4.78 is 12.8. The molecule has 2 nitrogen and oxygen atoms in total. The number of rotatable bonds is 4. The van der Waals surface area contributed by atoms with Crippen molar-refractivity contribution in [2.75, 3.05) is 23.8 Å². The molecule has 0 bridgehead atoms. The van der Waals surface area contributed by atoms with Crippen LogP contribution in [0.4, 0.5) is 10.1 Å². The fourth-order valence-corrected chi connectivity index (χ4v) is 1.39. The molecule has 4 heteroatoms. The smallest absolute Gasteiger partial charge is 0.125 e. The van der Waals surface area contributed by atoms with Crippen LogP contribution in [0.1, 0.15) is 0 Å². The summed E-state index contributed by atoms with van der Waals surface area (Å²) in [6.45, 7) is 0.481. The molecule has 1 N–H and O–H groups in total. The molecular formula is C10H13BrFNO. The Morgan fingerprint density at radius 3 is 2.86 bits per heavy atom. The van der Waals surface area contributed by atoms with E-state index in [9.17, 15) is 9.50 Å². The molecule has 14 heavy (non-hydrogen) atoms. The van der Waals surface area contributed by atoms with Crippen molar-refractivity contribution < 1.29 is 9.50 Å². The highest BCUT2D eigenvalue weighted by atomic mass is 79.9. The molecule has 0 radical (unpaired) electrons. The average Bonchev–Trinajstić information content (AvgIpc) is 2.17. The summed E-state index contributed by atoms with van der Waals surface area (Å²) in [5.74, 6) is -0.261. The molecule has 0 saturated heterocycles. The second kappa shape index (κ2) is 5.32. The fourth-order valence-electron chi connectivity index (χ4n) is 1.18. The molecule has 0 spiro atoms. The van der Waals surface area contributed by atoms with Gasteiger partial charge in [0.2, 0.25) is 0 Å². The zero-order chi connectivity index (χ0) is 10.6. The van der Waals surface area contributed by atoms with Crippen molar-refractivity contribution in [3.63, 3.8) is 0 Å². The SMILES string of the molecule is CN(CC(O)CBr)c1cccc(F)c1. The lowest BCUT2D eigenvalue weighted by atomic mass is 10.2. The molecule has 1 rings (SSSR count). The van der Waals surface area contributed by atoms with Crippen LogP contribution in [0.2, 0.25) is 0 Å². The van der Waals surface area contributed by atoms with Crippen molar-refractivity contribution >= 4 is 21.6 Å². The fraction of sp³-hybridized carbons (Fsp3) is 0.400. The molecule has 0 heterocycles. The number of alkyl halides is 1. The molecule has 0 aliphatic heterocycles. The van der Waals surface area contributed by atoms with E-state index in [4.69, 9.17) is 0 Å². The zero-order valence-electron chi connectivity index (χ0n) is 7.95. The largest absolute Gasteiger partial charge is 0.390 e. The lowest BCUT2D eigenvalue weighted by Gasteiger charge is -2.21. The molecule has 0 amide bonds. The summed E-state index contributed by atoms with van der Waals surface area (Å²) >= 11 is 3.18. The predicted molar refractivity (Wildman–Crippen MR) is 59.5 cm³/mol. The number of anilines is 1. The molecule has 1 aromatic rings. The second-order valence-electron chi connectivity index (χ2n) is 3.17. The van der Waals surface area contributed by atoms with Crippen LogP contribution in [0.3, 0.4) is 0 Å². The summed E-state index contributed by atoms with van der Waals surface area (Å²) in [5.41, 5.74) is 0.769. The van der Waals surface area contributed by atoms with Gasteiger partial charge in [-0.25, -0.2) is 4.39 Å². The number of likely N-dealkylation sites (N-methyl/N-ethyl adjacent to an activating group) is 1. The maximum Gasteiger partial charge on any atom is 0.125 e. The molecule has 1 unspecified atom stereocenters. The van der Waals surface area contributed by atoms with Crippen LogP contribution in [0.25, 0.3) is 0 Å². The summed E-state index contributed by atoms with van der Waals surface area (Å²) in [6.07, 6.45) is -0.441. The number of aliphatic hydroxyl groups is 1. The van der Waals surface area contributed by atoms with Crippen molar-refractivity contribution in [3.8, 4) is 0 Å². The van der Waals surface area contributed by atoms with Gasteiger partial charge < -0.3 is 10.0 Å². The maximum atomic E-state index is 12.8. The quantitative estimate of drug-likeness (QED) is 0.839. The van der Waals surface area contributed by atoms with Crippen molar-refractivity contribution in [1.29, 1.82) is 0 Å². The van der Waals surface area contributed by atoms with Gasteiger partial charge in [-0.2, -0.15) is 0 Å². The van der Waals surface area contributed by atoms with Gasteiger partial charge in [0.1, 0.15) is 5.82 Å². The van der Waals surface area contributed by atoms with Crippen LogP contribution in [0, 0.1) is 5.82 Å². The van der Waals surface area contributed by atoms with Crippen LogP contribution in [0.15, 0.2) is 24.3 Å². The van der Waals surface area contributed by atoms with Gasteiger partial charge in [0, 0.05) is 24.6 Å². The molecular weight excluding hydrogens is 249 g/mol. The highest BCUT2D eigenvalue weighted by Gasteiger charge is 2.07. The summed E-state index contributed by atoms with van der Waals surface area (Å²) in [5, 5.41) is 9.90. The van der Waals surface area contributed by atoms with E-state index >= 15 is 0 Å². The second-order valence-corrected chi connectivity index (χ2v) is 3.82. The van der Waals surface area contributed by atoms with E-state index < -0.39 is 6.10 Å². The Kier molecular flexibility index (Phi) is 4.35. The van der Waals surface area contributed by atoms with Crippen molar-refractivity contribution in [2.24, 2.45) is 0 Å². The van der Waals surface area contributed by atoms with E-state index in [0.717, 1.165) is 5.69 Å². The van der Waals surface area contributed by atoms with E-state index in [2.05, 4.69) is 15.9 Å². The number of hydrogen-bond donors (Lipinski definition) is 1. The Bertz CT molecular complexity index is 295. The Morgan fingerprint density at radius 2 is 2.29 bits per heavy atom. The Balaban J connectivity index is 2.64. The van der Waals surface area contributed by atoms with E-state index in [1.807, 2.05) is 18.0 Å². The monoisotopic (exact) mass is 261 g/mol. The van der Waals surface area contributed by atoms with Crippen LogP contribution in [-0.2, 0) is 0 Å². The lowest BCUT2D eigenvalue weighted by Crippen LogP contribution is -2.29. The highest BCUT2D eigenvalue weighted by molar-refractivity contribution is 9.09. The Morgan fingerprint density at radius 1 is 1.57 bits per heavy atom. The molecule has 78 valence electrons. The van der Waals surface area contributed by atoms with Crippen molar-refractivity contribution in [3.05, 3.63) is 30.1 Å². The molecule has 1 atom stereocenters. The number of halogens is 2. The summed E-state index contributed by atoms with van der Waals surface area (Å²) in [4.78, 5) is 1.81. The standard InChI is InChI=1S/C10H13BrFNO/c1-13(7-10(14)6-11)9-4-2-3-8(12)5-9/h2-5,10,14H,6-7H2,1H3. The predicted octanol–water partition coefficient (Wildman–Crippen LogP) is 2.02. The van der Waals surface area contributed by atoms with Crippen molar-refractivity contribution in [1.82, 2.24) is 0 Å². The first kappa shape index (κ1) is 11.5. The third-order valence-electron chi connectivity index (χ3n) is 1.91. The maximum absolute atomic E-state index is 12.8. The third-order valence-corrected chi connectivity index (χ3v) is 2.66. The average molecular weight is 262 g/mol. The Hall–Kier alpha value is -0.610. The van der Waals surface area contributed by atoms with Crippen LogP contribution in [0.5, 0.6) is 0 Å². The van der Waals surface area contributed by atoms with Gasteiger partial charge in [0.15, 0.2) is 0 Å². The normalized spacial score (nSPS) is 12.6. The lowest BCUT2D eigenvalue weighted by molar-refractivity contribution is 0.207. The molecule has 0 aromatic heterocycles. The number of hydrogen-bond acceptors (Lipinski definition) is 2. The topological polar surface area (TPSA) is 23.5 Å². The van der Waals surface area contributed by atoms with Gasteiger partial charge in [-0.05, 0) is 18.2 Å². The van der Waals surface area contributed by atoms with Gasteiger partial charge in [-0.15, -0.1) is 0 Å². The molecule has 0 saturated carbocycles. The third kappa shape index (κ3) is 3.27. The van der Waals surface area contributed by atoms with Crippen LogP contribution in [-0.4, -0.2) is 30.1 Å². The first-order chi connectivity index (χ1) is 6.63. The van der Waals surface area contributed by atoms with E-state index in [1.165, 1.54) is 12.1 Å². The molecule has 1 aromatic carbocycles. The molecule has 0 fully saturated rings. The first-order valence-corrected chi connectivity index (χ1v) is 5.46. The number of benzene rings is 1. The summed E-state index contributed by atoms with van der Waals surface area (Å²) in [7, 11) is 1.82.